The van der Waals surface area contributed by atoms with Crippen LogP contribution in [-0.4, -0.2) is 15.1 Å². The van der Waals surface area contributed by atoms with Crippen molar-refractivity contribution in [3.8, 4) is 11.6 Å². The standard InChI is InChI=1S/C19H18N4OS/c1-14-12-17(24-16-10-6-3-7-11-16)22-18(21-14)23-19(25)20-13-15-8-4-2-5-9-15/h2-12H,13H2,1H3,(H2,20,21,22,23,25). The SMILES string of the molecule is Cc1cc(Oc2ccccc2)nc(NC(=S)NCc2ccccc2)n1. The van der Waals surface area contributed by atoms with Crippen LogP contribution in [0.15, 0.2) is 66.7 Å². The van der Waals surface area contributed by atoms with E-state index >= 15 is 0 Å². The largest absolute Gasteiger partial charge is 0.439 e. The van der Waals surface area contributed by atoms with E-state index in [0.29, 0.717) is 23.5 Å². The Morgan fingerprint density at radius 2 is 1.68 bits per heavy atom. The van der Waals surface area contributed by atoms with Gasteiger partial charge in [0, 0.05) is 18.3 Å². The summed E-state index contributed by atoms with van der Waals surface area (Å²) in [4.78, 5) is 8.69. The van der Waals surface area contributed by atoms with Crippen molar-refractivity contribution < 1.29 is 4.74 Å². The highest BCUT2D eigenvalue weighted by molar-refractivity contribution is 7.80. The molecule has 0 saturated heterocycles. The van der Waals surface area contributed by atoms with E-state index < -0.39 is 0 Å². The molecule has 5 nitrogen and oxygen atoms in total. The predicted octanol–water partition coefficient (Wildman–Crippen LogP) is 4.06. The van der Waals surface area contributed by atoms with Crippen LogP contribution in [0.2, 0.25) is 0 Å². The number of thiocarbonyl (C=S) groups is 1. The van der Waals surface area contributed by atoms with Gasteiger partial charge in [0.2, 0.25) is 11.8 Å². The van der Waals surface area contributed by atoms with Crippen molar-refractivity contribution in [1.82, 2.24) is 15.3 Å². The third-order valence-electron chi connectivity index (χ3n) is 3.32. The topological polar surface area (TPSA) is 59.1 Å². The number of para-hydroxylation sites is 1. The Kier molecular flexibility index (Phi) is 5.53. The van der Waals surface area contributed by atoms with E-state index in [9.17, 15) is 0 Å². The fraction of sp³-hybridized carbons (Fsp3) is 0.105. The Hall–Kier alpha value is -2.99. The molecular formula is C19H18N4OS. The minimum atomic E-state index is 0.400. The van der Waals surface area contributed by atoms with Crippen LogP contribution in [0.1, 0.15) is 11.3 Å². The number of benzene rings is 2. The number of anilines is 1. The zero-order valence-corrected chi connectivity index (χ0v) is 14.6. The summed E-state index contributed by atoms with van der Waals surface area (Å²) in [5.74, 6) is 1.58. The third-order valence-corrected chi connectivity index (χ3v) is 3.56. The molecule has 0 saturated carbocycles. The average molecular weight is 350 g/mol. The summed E-state index contributed by atoms with van der Waals surface area (Å²) in [7, 11) is 0. The van der Waals surface area contributed by atoms with Gasteiger partial charge in [-0.2, -0.15) is 4.98 Å². The van der Waals surface area contributed by atoms with Gasteiger partial charge in [-0.3, -0.25) is 0 Å². The molecule has 0 aliphatic rings. The van der Waals surface area contributed by atoms with Crippen molar-refractivity contribution in [1.29, 1.82) is 0 Å². The van der Waals surface area contributed by atoms with Crippen molar-refractivity contribution in [2.45, 2.75) is 13.5 Å². The number of nitrogens with one attached hydrogen (secondary N) is 2. The summed E-state index contributed by atoms with van der Waals surface area (Å²) in [6, 6.07) is 21.3. The lowest BCUT2D eigenvalue weighted by atomic mass is 10.2. The maximum Gasteiger partial charge on any atom is 0.232 e. The summed E-state index contributed by atoms with van der Waals surface area (Å²) in [6.07, 6.45) is 0. The second-order valence-corrected chi connectivity index (χ2v) is 5.79. The maximum atomic E-state index is 5.76. The van der Waals surface area contributed by atoms with Crippen LogP contribution in [0, 0.1) is 6.92 Å². The summed E-state index contributed by atoms with van der Waals surface area (Å²) in [6.45, 7) is 2.51. The molecule has 3 aromatic rings. The maximum absolute atomic E-state index is 5.76. The molecule has 0 spiro atoms. The van der Waals surface area contributed by atoms with Crippen LogP contribution >= 0.6 is 12.2 Å². The van der Waals surface area contributed by atoms with E-state index in [1.807, 2.05) is 67.6 Å². The quantitative estimate of drug-likeness (QED) is 0.677. The van der Waals surface area contributed by atoms with Crippen LogP contribution in [0.4, 0.5) is 5.95 Å². The lowest BCUT2D eigenvalue weighted by Gasteiger charge is -2.11. The van der Waals surface area contributed by atoms with Gasteiger partial charge in [-0.1, -0.05) is 48.5 Å². The van der Waals surface area contributed by atoms with Gasteiger partial charge in [0.15, 0.2) is 5.11 Å². The Labute approximate surface area is 152 Å². The molecule has 0 atom stereocenters. The van der Waals surface area contributed by atoms with E-state index in [1.165, 1.54) is 0 Å². The molecular weight excluding hydrogens is 332 g/mol. The predicted molar refractivity (Wildman–Crippen MR) is 103 cm³/mol. The minimum Gasteiger partial charge on any atom is -0.439 e. The Bertz CT molecular complexity index is 841. The molecule has 126 valence electrons. The molecule has 0 aliphatic carbocycles. The first-order chi connectivity index (χ1) is 12.2. The van der Waals surface area contributed by atoms with Crippen molar-refractivity contribution in [2.24, 2.45) is 0 Å². The van der Waals surface area contributed by atoms with Crippen molar-refractivity contribution in [2.75, 3.05) is 5.32 Å². The molecule has 25 heavy (non-hydrogen) atoms. The van der Waals surface area contributed by atoms with Crippen molar-refractivity contribution in [3.05, 3.63) is 78.0 Å². The number of hydrogen-bond donors (Lipinski definition) is 2. The summed E-state index contributed by atoms with van der Waals surface area (Å²) in [5, 5.41) is 6.59. The number of ether oxygens (including phenoxy) is 1. The van der Waals surface area contributed by atoms with E-state index in [4.69, 9.17) is 17.0 Å². The fourth-order valence-corrected chi connectivity index (χ4v) is 2.34. The number of aromatic nitrogens is 2. The van der Waals surface area contributed by atoms with Gasteiger partial charge >= 0.3 is 0 Å². The molecule has 1 aromatic heterocycles. The number of aryl methyl sites for hydroxylation is 1. The lowest BCUT2D eigenvalue weighted by molar-refractivity contribution is 0.462. The molecule has 0 amide bonds. The van der Waals surface area contributed by atoms with Crippen LogP contribution < -0.4 is 15.4 Å². The van der Waals surface area contributed by atoms with Crippen molar-refractivity contribution >= 4 is 23.3 Å². The molecule has 0 fully saturated rings. The second kappa shape index (κ2) is 8.21. The van der Waals surface area contributed by atoms with Gasteiger partial charge in [0.1, 0.15) is 5.75 Å². The van der Waals surface area contributed by atoms with Gasteiger partial charge in [0.25, 0.3) is 0 Å². The fourth-order valence-electron chi connectivity index (χ4n) is 2.18. The van der Waals surface area contributed by atoms with Gasteiger partial charge < -0.3 is 15.4 Å². The van der Waals surface area contributed by atoms with E-state index in [2.05, 4.69) is 20.6 Å². The van der Waals surface area contributed by atoms with Crippen LogP contribution in [-0.2, 0) is 6.54 Å². The van der Waals surface area contributed by atoms with E-state index in [-0.39, 0.29) is 0 Å². The molecule has 1 heterocycles. The first-order valence-corrected chi connectivity index (χ1v) is 8.27. The highest BCUT2D eigenvalue weighted by atomic mass is 32.1. The van der Waals surface area contributed by atoms with Gasteiger partial charge in [-0.15, -0.1) is 0 Å². The number of rotatable bonds is 5. The van der Waals surface area contributed by atoms with Crippen LogP contribution in [0.3, 0.4) is 0 Å². The normalized spacial score (nSPS) is 10.1. The summed E-state index contributed by atoms with van der Waals surface area (Å²) in [5.41, 5.74) is 1.93. The zero-order valence-electron chi connectivity index (χ0n) is 13.8. The highest BCUT2D eigenvalue weighted by Crippen LogP contribution is 2.20. The lowest BCUT2D eigenvalue weighted by Crippen LogP contribution is -2.28. The molecule has 0 radical (unpaired) electrons. The first kappa shape index (κ1) is 16.9. The van der Waals surface area contributed by atoms with Gasteiger partial charge in [-0.05, 0) is 36.8 Å². The second-order valence-electron chi connectivity index (χ2n) is 5.38. The Morgan fingerprint density at radius 3 is 2.40 bits per heavy atom. The number of nitrogens with zero attached hydrogens (tertiary/aromatic N) is 2. The monoisotopic (exact) mass is 350 g/mol. The van der Waals surface area contributed by atoms with Gasteiger partial charge in [0.05, 0.1) is 0 Å². The van der Waals surface area contributed by atoms with Crippen LogP contribution in [0.25, 0.3) is 0 Å². The van der Waals surface area contributed by atoms with E-state index in [1.54, 1.807) is 6.07 Å². The zero-order chi connectivity index (χ0) is 17.5. The number of hydrogen-bond acceptors (Lipinski definition) is 4. The third kappa shape index (κ3) is 5.26. The molecule has 6 heteroatoms. The summed E-state index contributed by atoms with van der Waals surface area (Å²) < 4.78 is 5.76. The Balaban J connectivity index is 1.62. The van der Waals surface area contributed by atoms with E-state index in [0.717, 1.165) is 17.0 Å². The first-order valence-electron chi connectivity index (χ1n) is 7.86. The minimum absolute atomic E-state index is 0.400. The highest BCUT2D eigenvalue weighted by Gasteiger charge is 2.06. The molecule has 0 aliphatic heterocycles. The van der Waals surface area contributed by atoms with Crippen LogP contribution in [0.5, 0.6) is 11.6 Å². The smallest absolute Gasteiger partial charge is 0.232 e. The Morgan fingerprint density at radius 1 is 1.00 bits per heavy atom. The summed E-state index contributed by atoms with van der Waals surface area (Å²) >= 11 is 5.31. The molecule has 0 bridgehead atoms. The average Bonchev–Trinajstić information content (AvgIpc) is 2.61. The van der Waals surface area contributed by atoms with Crippen molar-refractivity contribution in [3.63, 3.8) is 0 Å². The molecule has 0 unspecified atom stereocenters. The molecule has 2 aromatic carbocycles. The molecule has 2 N–H and O–H groups in total. The van der Waals surface area contributed by atoms with Gasteiger partial charge in [-0.25, -0.2) is 4.98 Å². The molecule has 3 rings (SSSR count).